The van der Waals surface area contributed by atoms with Crippen LogP contribution >= 0.6 is 0 Å². The number of primary sulfonamides is 1. The number of benzene rings is 1. The van der Waals surface area contributed by atoms with E-state index in [0.29, 0.717) is 5.56 Å². The van der Waals surface area contributed by atoms with Gasteiger partial charge in [-0.05, 0) is 24.6 Å². The zero-order valence-electron chi connectivity index (χ0n) is 11.3. The number of amides is 1. The molecule has 3 N–H and O–H groups in total. The van der Waals surface area contributed by atoms with Gasteiger partial charge >= 0.3 is 0 Å². The van der Waals surface area contributed by atoms with Crippen molar-refractivity contribution < 1.29 is 13.2 Å². The third-order valence-corrected chi connectivity index (χ3v) is 3.75. The number of rotatable bonds is 5. The molecule has 9 heteroatoms. The third-order valence-electron chi connectivity index (χ3n) is 2.84. The summed E-state index contributed by atoms with van der Waals surface area (Å²) in [6.07, 6.45) is 2.78. The second-order valence-electron chi connectivity index (χ2n) is 4.50. The molecule has 0 saturated heterocycles. The Hall–Kier alpha value is -2.26. The Labute approximate surface area is 122 Å². The van der Waals surface area contributed by atoms with E-state index >= 15 is 0 Å². The van der Waals surface area contributed by atoms with Gasteiger partial charge in [0.25, 0.3) is 0 Å². The average Bonchev–Trinajstić information content (AvgIpc) is 2.90. The zero-order chi connectivity index (χ0) is 15.5. The second kappa shape index (κ2) is 6.02. The summed E-state index contributed by atoms with van der Waals surface area (Å²) < 4.78 is 24.0. The Bertz CT molecular complexity index is 727. The molecule has 0 spiro atoms. The van der Waals surface area contributed by atoms with Crippen molar-refractivity contribution in [1.29, 1.82) is 0 Å². The molecule has 0 fully saturated rings. The lowest BCUT2D eigenvalue weighted by Crippen LogP contribution is -2.30. The highest BCUT2D eigenvalue weighted by Gasteiger charge is 2.13. The number of nitrogens with one attached hydrogen (secondary N) is 1. The van der Waals surface area contributed by atoms with Gasteiger partial charge in [0.15, 0.2) is 0 Å². The summed E-state index contributed by atoms with van der Waals surface area (Å²) in [5.41, 5.74) is 0.647. The van der Waals surface area contributed by atoms with Crippen molar-refractivity contribution in [3.63, 3.8) is 0 Å². The first kappa shape index (κ1) is 15.1. The van der Waals surface area contributed by atoms with Crippen LogP contribution in [0.25, 0.3) is 0 Å². The van der Waals surface area contributed by atoms with Crippen LogP contribution in [0.15, 0.2) is 41.8 Å². The van der Waals surface area contributed by atoms with Gasteiger partial charge in [-0.25, -0.2) is 23.2 Å². The Balaban J connectivity index is 2.06. The lowest BCUT2D eigenvalue weighted by molar-refractivity contribution is -0.122. The van der Waals surface area contributed by atoms with E-state index in [1.54, 1.807) is 19.1 Å². The highest BCUT2D eigenvalue weighted by molar-refractivity contribution is 7.89. The standard InChI is InChI=1S/C12H15N5O3S/c1-9(16-12(18)6-17-8-14-7-15-17)10-3-2-4-11(5-10)21(13,19)20/h2-5,7-9H,6H2,1H3,(H,16,18)(H2,13,19,20). The van der Waals surface area contributed by atoms with Crippen molar-refractivity contribution in [3.05, 3.63) is 42.5 Å². The Morgan fingerprint density at radius 1 is 1.48 bits per heavy atom. The minimum Gasteiger partial charge on any atom is -0.348 e. The fourth-order valence-corrected chi connectivity index (χ4v) is 2.36. The summed E-state index contributed by atoms with van der Waals surface area (Å²) in [6, 6.07) is 5.78. The van der Waals surface area contributed by atoms with Crippen LogP contribution in [0.2, 0.25) is 0 Å². The van der Waals surface area contributed by atoms with Gasteiger partial charge in [0.2, 0.25) is 15.9 Å². The molecule has 0 aliphatic rings. The van der Waals surface area contributed by atoms with Gasteiger partial charge in [0, 0.05) is 0 Å². The molecule has 0 bridgehead atoms. The largest absolute Gasteiger partial charge is 0.348 e. The first-order valence-corrected chi connectivity index (χ1v) is 7.65. The van der Waals surface area contributed by atoms with E-state index in [9.17, 15) is 13.2 Å². The molecule has 112 valence electrons. The predicted octanol–water partition coefficient (Wildman–Crippen LogP) is -0.197. The average molecular weight is 309 g/mol. The Morgan fingerprint density at radius 2 is 2.24 bits per heavy atom. The van der Waals surface area contributed by atoms with Crippen LogP contribution in [0.3, 0.4) is 0 Å². The number of hydrogen-bond donors (Lipinski definition) is 2. The maximum absolute atomic E-state index is 11.8. The van der Waals surface area contributed by atoms with Crippen LogP contribution in [0, 0.1) is 0 Å². The van der Waals surface area contributed by atoms with Crippen LogP contribution in [-0.4, -0.2) is 29.1 Å². The van der Waals surface area contributed by atoms with Gasteiger partial charge in [-0.3, -0.25) is 4.79 Å². The van der Waals surface area contributed by atoms with Crippen molar-refractivity contribution >= 4 is 15.9 Å². The maximum atomic E-state index is 11.8. The smallest absolute Gasteiger partial charge is 0.242 e. The fraction of sp³-hybridized carbons (Fsp3) is 0.250. The molecule has 2 rings (SSSR count). The number of nitrogens with zero attached hydrogens (tertiary/aromatic N) is 3. The topological polar surface area (TPSA) is 120 Å². The minimum atomic E-state index is -3.76. The van der Waals surface area contributed by atoms with Crippen LogP contribution in [0.4, 0.5) is 0 Å². The Kier molecular flexibility index (Phi) is 4.34. The molecule has 0 saturated carbocycles. The predicted molar refractivity (Wildman–Crippen MR) is 74.4 cm³/mol. The summed E-state index contributed by atoms with van der Waals surface area (Å²) in [5.74, 6) is -0.256. The van der Waals surface area contributed by atoms with E-state index in [4.69, 9.17) is 5.14 Å². The van der Waals surface area contributed by atoms with Crippen LogP contribution in [0.1, 0.15) is 18.5 Å². The summed E-state index contributed by atoms with van der Waals surface area (Å²) >= 11 is 0. The molecule has 1 amide bonds. The molecule has 1 unspecified atom stereocenters. The lowest BCUT2D eigenvalue weighted by Gasteiger charge is -2.15. The summed E-state index contributed by atoms with van der Waals surface area (Å²) in [5, 5.41) is 11.7. The molecule has 1 aromatic carbocycles. The van der Waals surface area contributed by atoms with E-state index in [1.165, 1.54) is 29.5 Å². The molecule has 0 radical (unpaired) electrons. The van der Waals surface area contributed by atoms with Crippen molar-refractivity contribution in [2.75, 3.05) is 0 Å². The number of nitrogens with two attached hydrogens (primary N) is 1. The lowest BCUT2D eigenvalue weighted by atomic mass is 10.1. The highest BCUT2D eigenvalue weighted by Crippen LogP contribution is 2.16. The summed E-state index contributed by atoms with van der Waals surface area (Å²) in [7, 11) is -3.76. The molecule has 2 aromatic rings. The van der Waals surface area contributed by atoms with Gasteiger partial charge < -0.3 is 5.32 Å². The van der Waals surface area contributed by atoms with E-state index in [2.05, 4.69) is 15.4 Å². The number of carbonyl (C=O) groups excluding carboxylic acids is 1. The third kappa shape index (κ3) is 4.10. The normalized spacial score (nSPS) is 12.9. The summed E-state index contributed by atoms with van der Waals surface area (Å²) in [4.78, 5) is 15.6. The Morgan fingerprint density at radius 3 is 2.86 bits per heavy atom. The van der Waals surface area contributed by atoms with Gasteiger partial charge in [-0.2, -0.15) is 5.10 Å². The number of sulfonamides is 1. The van der Waals surface area contributed by atoms with E-state index in [1.807, 2.05) is 0 Å². The van der Waals surface area contributed by atoms with Gasteiger partial charge in [0.1, 0.15) is 19.2 Å². The quantitative estimate of drug-likeness (QED) is 0.792. The molecular weight excluding hydrogens is 294 g/mol. The highest BCUT2D eigenvalue weighted by atomic mass is 32.2. The maximum Gasteiger partial charge on any atom is 0.242 e. The van der Waals surface area contributed by atoms with Crippen molar-refractivity contribution in [2.45, 2.75) is 24.4 Å². The zero-order valence-corrected chi connectivity index (χ0v) is 12.1. The van der Waals surface area contributed by atoms with E-state index in [0.717, 1.165) is 0 Å². The van der Waals surface area contributed by atoms with Crippen LogP contribution in [0.5, 0.6) is 0 Å². The van der Waals surface area contributed by atoms with Gasteiger partial charge in [0.05, 0.1) is 10.9 Å². The monoisotopic (exact) mass is 309 g/mol. The van der Waals surface area contributed by atoms with Crippen molar-refractivity contribution in [3.8, 4) is 0 Å². The van der Waals surface area contributed by atoms with Crippen molar-refractivity contribution in [1.82, 2.24) is 20.1 Å². The molecule has 0 aliphatic heterocycles. The van der Waals surface area contributed by atoms with Crippen LogP contribution in [-0.2, 0) is 21.4 Å². The first-order chi connectivity index (χ1) is 9.86. The fourth-order valence-electron chi connectivity index (χ4n) is 1.79. The number of aromatic nitrogens is 3. The second-order valence-corrected chi connectivity index (χ2v) is 6.06. The molecule has 0 aliphatic carbocycles. The first-order valence-electron chi connectivity index (χ1n) is 6.11. The molecule has 1 aromatic heterocycles. The summed E-state index contributed by atoms with van der Waals surface area (Å²) in [6.45, 7) is 1.79. The van der Waals surface area contributed by atoms with Crippen molar-refractivity contribution in [2.24, 2.45) is 5.14 Å². The number of carbonyl (C=O) groups is 1. The molecule has 8 nitrogen and oxygen atoms in total. The SMILES string of the molecule is CC(NC(=O)Cn1cncn1)c1cccc(S(N)(=O)=O)c1. The number of hydrogen-bond acceptors (Lipinski definition) is 5. The molecule has 21 heavy (non-hydrogen) atoms. The van der Waals surface area contributed by atoms with E-state index in [-0.39, 0.29) is 23.4 Å². The van der Waals surface area contributed by atoms with E-state index < -0.39 is 10.0 Å². The minimum absolute atomic E-state index is 0.0115. The van der Waals surface area contributed by atoms with Crippen LogP contribution < -0.4 is 10.5 Å². The van der Waals surface area contributed by atoms with Gasteiger partial charge in [-0.1, -0.05) is 12.1 Å². The molecular formula is C12H15N5O3S. The molecule has 1 heterocycles. The van der Waals surface area contributed by atoms with Gasteiger partial charge in [-0.15, -0.1) is 0 Å². The molecule has 1 atom stereocenters.